The van der Waals surface area contributed by atoms with Crippen LogP contribution in [0.2, 0.25) is 0 Å². The molecule has 1 aliphatic carbocycles. The van der Waals surface area contributed by atoms with Crippen LogP contribution in [0.4, 0.5) is 0 Å². The van der Waals surface area contributed by atoms with Gasteiger partial charge >= 0.3 is 5.97 Å². The number of benzene rings is 1. The Hall–Kier alpha value is -1.84. The number of carbonyl (C=O) groups excluding carboxylic acids is 1. The number of esters is 1. The van der Waals surface area contributed by atoms with Gasteiger partial charge < -0.3 is 9.57 Å². The summed E-state index contributed by atoms with van der Waals surface area (Å²) in [4.78, 5) is 17.5. The van der Waals surface area contributed by atoms with Crippen LogP contribution in [0, 0.1) is 11.8 Å². The molecule has 1 aromatic carbocycles. The second-order valence-electron chi connectivity index (χ2n) is 6.88. The lowest BCUT2D eigenvalue weighted by atomic mass is 9.88. The third-order valence-electron chi connectivity index (χ3n) is 5.12. The van der Waals surface area contributed by atoms with Crippen molar-refractivity contribution in [3.63, 3.8) is 0 Å². The summed E-state index contributed by atoms with van der Waals surface area (Å²) in [7, 11) is 1.47. The molecular weight excluding hydrogens is 290 g/mol. The minimum Gasteiger partial charge on any atom is -0.469 e. The van der Waals surface area contributed by atoms with E-state index in [1.165, 1.54) is 12.7 Å². The molecule has 3 unspecified atom stereocenters. The predicted molar refractivity (Wildman–Crippen MR) is 89.4 cm³/mol. The third-order valence-corrected chi connectivity index (χ3v) is 5.12. The van der Waals surface area contributed by atoms with E-state index < -0.39 is 0 Å². The first-order chi connectivity index (χ1) is 11.1. The van der Waals surface area contributed by atoms with Crippen LogP contribution in [0.25, 0.3) is 0 Å². The maximum Gasteiger partial charge on any atom is 0.308 e. The van der Waals surface area contributed by atoms with Gasteiger partial charge in [0.2, 0.25) is 0 Å². The fraction of sp³-hybridized carbons (Fsp3) is 0.579. The molecule has 0 aromatic heterocycles. The van der Waals surface area contributed by atoms with E-state index >= 15 is 0 Å². The minimum atomic E-state index is -0.0928. The molecule has 0 bridgehead atoms. The SMILES string of the molecule is COC(=O)C1CCC2ON=C(c3ccc(C(C)C)cc3)C2CC1. The monoisotopic (exact) mass is 315 g/mol. The number of rotatable bonds is 3. The van der Waals surface area contributed by atoms with Gasteiger partial charge in [-0.05, 0) is 42.7 Å². The van der Waals surface area contributed by atoms with Crippen LogP contribution in [-0.4, -0.2) is 24.9 Å². The van der Waals surface area contributed by atoms with E-state index in [2.05, 4.69) is 43.3 Å². The zero-order chi connectivity index (χ0) is 16.4. The van der Waals surface area contributed by atoms with Crippen molar-refractivity contribution in [2.45, 2.75) is 51.6 Å². The average Bonchev–Trinajstić information content (AvgIpc) is 2.85. The summed E-state index contributed by atoms with van der Waals surface area (Å²) in [5, 5.41) is 4.36. The van der Waals surface area contributed by atoms with Gasteiger partial charge in [-0.25, -0.2) is 0 Å². The molecule has 4 heteroatoms. The first kappa shape index (κ1) is 16.0. The van der Waals surface area contributed by atoms with Gasteiger partial charge in [-0.3, -0.25) is 4.79 Å². The van der Waals surface area contributed by atoms with E-state index in [0.29, 0.717) is 5.92 Å². The van der Waals surface area contributed by atoms with E-state index in [0.717, 1.165) is 37.0 Å². The molecular formula is C19H25NO3. The summed E-state index contributed by atoms with van der Waals surface area (Å²) in [6, 6.07) is 8.62. The zero-order valence-corrected chi connectivity index (χ0v) is 14.1. The Morgan fingerprint density at radius 3 is 2.52 bits per heavy atom. The Morgan fingerprint density at radius 1 is 1.17 bits per heavy atom. The average molecular weight is 315 g/mol. The predicted octanol–water partition coefficient (Wildman–Crippen LogP) is 3.89. The second kappa shape index (κ2) is 6.73. The summed E-state index contributed by atoms with van der Waals surface area (Å²) in [6.45, 7) is 4.39. The smallest absolute Gasteiger partial charge is 0.308 e. The van der Waals surface area contributed by atoms with E-state index in [1.807, 2.05) is 0 Å². The summed E-state index contributed by atoms with van der Waals surface area (Å²) in [6.07, 6.45) is 3.56. The third kappa shape index (κ3) is 3.26. The Morgan fingerprint density at radius 2 is 1.87 bits per heavy atom. The standard InChI is InChI=1S/C19H25NO3/c1-12(2)13-4-6-14(7-5-13)18-16-10-8-15(19(21)22-3)9-11-17(16)23-20-18/h4-7,12,15-17H,8-11H2,1-3H3. The van der Waals surface area contributed by atoms with Gasteiger partial charge in [-0.1, -0.05) is 43.3 Å². The van der Waals surface area contributed by atoms with Gasteiger partial charge in [0.25, 0.3) is 0 Å². The Labute approximate surface area is 137 Å². The number of hydrogen-bond donors (Lipinski definition) is 0. The van der Waals surface area contributed by atoms with Crippen LogP contribution >= 0.6 is 0 Å². The molecule has 1 saturated carbocycles. The van der Waals surface area contributed by atoms with Gasteiger partial charge in [0.05, 0.1) is 18.7 Å². The maximum atomic E-state index is 11.8. The molecule has 0 spiro atoms. The van der Waals surface area contributed by atoms with Crippen molar-refractivity contribution in [2.75, 3.05) is 7.11 Å². The van der Waals surface area contributed by atoms with Crippen molar-refractivity contribution in [3.05, 3.63) is 35.4 Å². The molecule has 0 N–H and O–H groups in total. The van der Waals surface area contributed by atoms with Crippen LogP contribution in [-0.2, 0) is 14.4 Å². The summed E-state index contributed by atoms with van der Waals surface area (Å²) < 4.78 is 4.90. The van der Waals surface area contributed by atoms with Crippen molar-refractivity contribution < 1.29 is 14.4 Å². The summed E-state index contributed by atoms with van der Waals surface area (Å²) in [5.41, 5.74) is 3.51. The van der Waals surface area contributed by atoms with Crippen molar-refractivity contribution in [1.82, 2.24) is 0 Å². The minimum absolute atomic E-state index is 0.00114. The number of hydrogen-bond acceptors (Lipinski definition) is 4. The first-order valence-electron chi connectivity index (χ1n) is 8.52. The molecule has 4 nitrogen and oxygen atoms in total. The molecule has 3 rings (SSSR count). The number of oxime groups is 1. The highest BCUT2D eigenvalue weighted by molar-refractivity contribution is 6.03. The van der Waals surface area contributed by atoms with Gasteiger partial charge in [-0.2, -0.15) is 0 Å². The van der Waals surface area contributed by atoms with E-state index in [9.17, 15) is 4.79 Å². The largest absolute Gasteiger partial charge is 0.469 e. The Bertz CT molecular complexity index is 591. The topological polar surface area (TPSA) is 47.9 Å². The molecule has 2 aliphatic rings. The Kier molecular flexibility index (Phi) is 4.69. The van der Waals surface area contributed by atoms with Gasteiger partial charge in [-0.15, -0.1) is 0 Å². The molecule has 0 radical (unpaired) electrons. The van der Waals surface area contributed by atoms with Crippen molar-refractivity contribution in [2.24, 2.45) is 17.0 Å². The Balaban J connectivity index is 1.74. The van der Waals surface area contributed by atoms with Gasteiger partial charge in [0, 0.05) is 5.92 Å². The van der Waals surface area contributed by atoms with E-state index in [4.69, 9.17) is 9.57 Å². The molecule has 0 amide bonds. The highest BCUT2D eigenvalue weighted by Crippen LogP contribution is 2.36. The number of ether oxygens (including phenoxy) is 1. The van der Waals surface area contributed by atoms with Crippen molar-refractivity contribution in [3.8, 4) is 0 Å². The fourth-order valence-corrected chi connectivity index (χ4v) is 3.62. The number of fused-ring (bicyclic) bond motifs is 1. The normalized spacial score (nSPS) is 27.0. The highest BCUT2D eigenvalue weighted by atomic mass is 16.6. The molecule has 1 aromatic rings. The fourth-order valence-electron chi connectivity index (χ4n) is 3.62. The maximum absolute atomic E-state index is 11.8. The van der Waals surface area contributed by atoms with Crippen LogP contribution < -0.4 is 0 Å². The van der Waals surface area contributed by atoms with Gasteiger partial charge in [0.15, 0.2) is 0 Å². The molecule has 23 heavy (non-hydrogen) atoms. The molecule has 1 heterocycles. The van der Waals surface area contributed by atoms with Crippen molar-refractivity contribution >= 4 is 11.7 Å². The molecule has 1 fully saturated rings. The van der Waals surface area contributed by atoms with Crippen LogP contribution in [0.5, 0.6) is 0 Å². The number of methoxy groups -OCH3 is 1. The van der Waals surface area contributed by atoms with Crippen LogP contribution in [0.1, 0.15) is 56.6 Å². The lowest BCUT2D eigenvalue weighted by Gasteiger charge is -2.15. The first-order valence-corrected chi connectivity index (χ1v) is 8.52. The molecule has 124 valence electrons. The number of nitrogens with zero attached hydrogens (tertiary/aromatic N) is 1. The quantitative estimate of drug-likeness (QED) is 0.795. The van der Waals surface area contributed by atoms with Crippen LogP contribution in [0.15, 0.2) is 29.4 Å². The highest BCUT2D eigenvalue weighted by Gasteiger charge is 2.39. The molecule has 3 atom stereocenters. The van der Waals surface area contributed by atoms with E-state index in [-0.39, 0.29) is 23.9 Å². The van der Waals surface area contributed by atoms with E-state index in [1.54, 1.807) is 0 Å². The zero-order valence-electron chi connectivity index (χ0n) is 14.1. The molecule has 0 saturated heterocycles. The summed E-state index contributed by atoms with van der Waals surface area (Å²) in [5.74, 6) is 0.718. The van der Waals surface area contributed by atoms with Crippen LogP contribution in [0.3, 0.4) is 0 Å². The summed E-state index contributed by atoms with van der Waals surface area (Å²) >= 11 is 0. The molecule has 1 aliphatic heterocycles. The lowest BCUT2D eigenvalue weighted by molar-refractivity contribution is -0.145. The lowest BCUT2D eigenvalue weighted by Crippen LogP contribution is -2.22. The second-order valence-corrected chi connectivity index (χ2v) is 6.88. The number of carbonyl (C=O) groups is 1. The van der Waals surface area contributed by atoms with Crippen molar-refractivity contribution in [1.29, 1.82) is 0 Å². The van der Waals surface area contributed by atoms with Gasteiger partial charge in [0.1, 0.15) is 6.10 Å².